The zero-order chi connectivity index (χ0) is 6.62. The van der Waals surface area contributed by atoms with Crippen LogP contribution in [0.5, 0.6) is 0 Å². The maximum absolute atomic E-state index is 10.5. The van der Waals surface area contributed by atoms with Crippen LogP contribution >= 0.6 is 9.07 Å². The molecule has 0 spiro atoms. The molecule has 2 nitrogen and oxygen atoms in total. The van der Waals surface area contributed by atoms with Gasteiger partial charge in [0, 0.05) is 5.75 Å². The molecule has 0 bridgehead atoms. The Balaban J connectivity index is 3.76. The average molecular weight is 167 g/mol. The van der Waals surface area contributed by atoms with Crippen LogP contribution in [-0.2, 0) is 9.84 Å². The molecule has 0 saturated carbocycles. The van der Waals surface area contributed by atoms with Gasteiger partial charge in [-0.1, -0.05) is 6.92 Å². The van der Waals surface area contributed by atoms with Gasteiger partial charge in [0.25, 0.3) is 0 Å². The first-order valence-electron chi connectivity index (χ1n) is 2.39. The summed E-state index contributed by atoms with van der Waals surface area (Å²) in [4.78, 5) is 0. The van der Waals surface area contributed by atoms with E-state index in [1.54, 1.807) is 6.92 Å². The quantitative estimate of drug-likeness (QED) is 0.564. The number of halogens is 1. The van der Waals surface area contributed by atoms with Gasteiger partial charge >= 0.3 is 19.3 Å². The molecule has 0 aliphatic heterocycles. The first-order chi connectivity index (χ1) is 3.62. The minimum absolute atomic E-state index is 0.229. The number of sulfone groups is 1. The fourth-order valence-corrected chi connectivity index (χ4v) is 4.47. The summed E-state index contributed by atoms with van der Waals surface area (Å²) in [6.07, 6.45) is 0. The Bertz CT molecular complexity index is 141. The lowest BCUT2D eigenvalue weighted by molar-refractivity contribution is 0.601. The maximum Gasteiger partial charge on any atom is 0.518 e. The summed E-state index contributed by atoms with van der Waals surface area (Å²) in [5, 5.41) is 0. The van der Waals surface area contributed by atoms with E-state index < -0.39 is 29.1 Å². The summed E-state index contributed by atoms with van der Waals surface area (Å²) in [7, 11) is 2.58. The average Bonchev–Trinajstić information content (AvgIpc) is 1.67. The lowest BCUT2D eigenvalue weighted by atomic mass is 11.0. The first kappa shape index (κ1) is 9.01. The Labute approximate surface area is 63.0 Å². The van der Waals surface area contributed by atoms with Gasteiger partial charge < -0.3 is 9.07 Å². The molecule has 0 atom stereocenters. The van der Waals surface area contributed by atoms with Gasteiger partial charge in [-0.2, -0.15) is 0 Å². The monoisotopic (exact) mass is 166 g/mol. The molecule has 8 heavy (non-hydrogen) atoms. The van der Waals surface area contributed by atoms with Gasteiger partial charge in [-0.3, -0.25) is 0 Å². The maximum atomic E-state index is 10.5. The van der Waals surface area contributed by atoms with Crippen molar-refractivity contribution in [3.8, 4) is 0 Å². The normalized spacial score (nSPS) is 10.8. The van der Waals surface area contributed by atoms with Gasteiger partial charge in [0.2, 0.25) is 0 Å². The summed E-state index contributed by atoms with van der Waals surface area (Å²) in [6.45, 7) is 1.64. The SMILES string of the molecule is CCS(=O)(=O)[CH2][Mg][Cl]. The van der Waals surface area contributed by atoms with Crippen molar-refractivity contribution in [3.05, 3.63) is 0 Å². The second-order valence-electron chi connectivity index (χ2n) is 1.43. The standard InChI is InChI=1S/C3H7O2S.ClH.Mg/c1-3-6(2,4)5;;/h2-3H2,1H3;1H;/q;;+1/p-1. The van der Waals surface area contributed by atoms with Gasteiger partial charge in [-0.15, -0.1) is 0 Å². The predicted octanol–water partition coefficient (Wildman–Crippen LogP) is 0.237. The third-order valence-electron chi connectivity index (χ3n) is 0.828. The van der Waals surface area contributed by atoms with Crippen LogP contribution in [0.3, 0.4) is 0 Å². The smallest absolute Gasteiger partial charge is 0.344 e. The molecule has 5 heteroatoms. The van der Waals surface area contributed by atoms with E-state index in [-0.39, 0.29) is 9.63 Å². The fourth-order valence-electron chi connectivity index (χ4n) is 0.262. The van der Waals surface area contributed by atoms with E-state index in [4.69, 9.17) is 9.07 Å². The fraction of sp³-hybridized carbons (Fsp3) is 1.00. The summed E-state index contributed by atoms with van der Waals surface area (Å²) in [5.74, 6) is 0.229. The minimum Gasteiger partial charge on any atom is -0.344 e. The first-order valence-corrected chi connectivity index (χ1v) is 7.34. The Kier molecular flexibility index (Phi) is 4.42. The number of hydrogen-bond donors (Lipinski definition) is 0. The third kappa shape index (κ3) is 3.94. The molecule has 0 N–H and O–H groups in total. The third-order valence-corrected chi connectivity index (χ3v) is 6.20. The van der Waals surface area contributed by atoms with E-state index in [1.165, 1.54) is 0 Å². The van der Waals surface area contributed by atoms with Gasteiger partial charge in [-0.25, -0.2) is 8.42 Å². The topological polar surface area (TPSA) is 34.1 Å². The molecular weight excluding hydrogens is 160 g/mol. The molecule has 0 aromatic heterocycles. The van der Waals surface area contributed by atoms with Crippen molar-refractivity contribution in [3.63, 3.8) is 0 Å². The Morgan fingerprint density at radius 2 is 2.12 bits per heavy atom. The lowest BCUT2D eigenvalue weighted by Gasteiger charge is -1.91. The van der Waals surface area contributed by atoms with E-state index in [1.807, 2.05) is 0 Å². The van der Waals surface area contributed by atoms with Crippen LogP contribution in [0.1, 0.15) is 6.92 Å². The Morgan fingerprint density at radius 1 is 1.62 bits per heavy atom. The number of hydrogen-bond acceptors (Lipinski definition) is 2. The van der Waals surface area contributed by atoms with Crippen LogP contribution < -0.4 is 0 Å². The molecule has 0 aromatic carbocycles. The zero-order valence-corrected chi connectivity index (χ0v) is 7.71. The van der Waals surface area contributed by atoms with Gasteiger partial charge in [0.05, 0.1) is 0 Å². The number of rotatable bonds is 3. The Morgan fingerprint density at radius 3 is 2.25 bits per heavy atom. The van der Waals surface area contributed by atoms with Crippen molar-refractivity contribution < 1.29 is 8.42 Å². The van der Waals surface area contributed by atoms with Crippen molar-refractivity contribution in [2.75, 3.05) is 9.63 Å². The summed E-state index contributed by atoms with van der Waals surface area (Å²) < 4.78 is 21.3. The van der Waals surface area contributed by atoms with Crippen molar-refractivity contribution in [2.45, 2.75) is 6.92 Å². The molecule has 0 unspecified atom stereocenters. The van der Waals surface area contributed by atoms with Crippen molar-refractivity contribution in [1.82, 2.24) is 0 Å². The molecule has 0 amide bonds. The van der Waals surface area contributed by atoms with E-state index in [0.717, 1.165) is 0 Å². The minimum atomic E-state index is -2.74. The molecule has 0 aliphatic carbocycles. The lowest BCUT2D eigenvalue weighted by Crippen LogP contribution is -2.10. The molecular formula is C3H7ClMgO2S. The molecule has 0 aromatic rings. The van der Waals surface area contributed by atoms with Crippen LogP contribution in [-0.4, -0.2) is 37.3 Å². The Hall–Kier alpha value is 1.01. The highest BCUT2D eigenvalue weighted by atomic mass is 35.5. The second-order valence-corrected chi connectivity index (χ2v) is 6.63. The van der Waals surface area contributed by atoms with Crippen molar-refractivity contribution in [2.24, 2.45) is 0 Å². The summed E-state index contributed by atoms with van der Waals surface area (Å²) in [6, 6.07) is 0. The molecule has 0 radical (unpaired) electrons. The van der Waals surface area contributed by atoms with E-state index in [9.17, 15) is 8.42 Å². The molecule has 0 saturated heterocycles. The van der Waals surface area contributed by atoms with Gasteiger partial charge in [0.15, 0.2) is 0 Å². The summed E-state index contributed by atoms with van der Waals surface area (Å²) in [5.41, 5.74) is 0. The molecule has 46 valence electrons. The highest BCUT2D eigenvalue weighted by molar-refractivity contribution is 7.92. The zero-order valence-electron chi connectivity index (χ0n) is 4.72. The summed E-state index contributed by atoms with van der Waals surface area (Å²) >= 11 is -0.817. The van der Waals surface area contributed by atoms with Crippen LogP contribution in [0.4, 0.5) is 0 Å². The van der Waals surface area contributed by atoms with Crippen LogP contribution in [0, 0.1) is 0 Å². The van der Waals surface area contributed by atoms with Crippen molar-refractivity contribution in [1.29, 1.82) is 0 Å². The highest BCUT2D eigenvalue weighted by Gasteiger charge is 2.06. The van der Waals surface area contributed by atoms with Crippen LogP contribution in [0.2, 0.25) is 0 Å². The van der Waals surface area contributed by atoms with Crippen molar-refractivity contribution >= 4 is 38.2 Å². The molecule has 0 aliphatic rings. The largest absolute Gasteiger partial charge is 0.518 e. The van der Waals surface area contributed by atoms with Gasteiger partial charge in [0.1, 0.15) is 9.84 Å². The molecule has 0 rings (SSSR count). The van der Waals surface area contributed by atoms with E-state index >= 15 is 0 Å². The van der Waals surface area contributed by atoms with Gasteiger partial charge in [-0.05, 0) is 3.88 Å². The highest BCUT2D eigenvalue weighted by Crippen LogP contribution is 1.87. The van der Waals surface area contributed by atoms with Crippen LogP contribution in [0.15, 0.2) is 0 Å². The van der Waals surface area contributed by atoms with E-state index in [0.29, 0.717) is 0 Å². The molecule has 0 heterocycles. The molecule has 0 fully saturated rings. The van der Waals surface area contributed by atoms with Crippen LogP contribution in [0.25, 0.3) is 0 Å². The predicted molar refractivity (Wildman–Crippen MR) is 35.9 cm³/mol. The second kappa shape index (κ2) is 3.93. The van der Waals surface area contributed by atoms with E-state index in [2.05, 4.69) is 0 Å².